The van der Waals surface area contributed by atoms with Crippen LogP contribution in [0.4, 0.5) is 0 Å². The first-order valence-electron chi connectivity index (χ1n) is 3.92. The van der Waals surface area contributed by atoms with E-state index in [4.69, 9.17) is 5.11 Å². The molecular formula is C8H14N2O. The van der Waals surface area contributed by atoms with Crippen molar-refractivity contribution >= 4 is 0 Å². The van der Waals surface area contributed by atoms with Gasteiger partial charge in [0.15, 0.2) is 0 Å². The van der Waals surface area contributed by atoms with Gasteiger partial charge in [-0.25, -0.2) is 0 Å². The standard InChI is InChI=1S/C8H14N2O/c1-3-4-10-7(2)5-8(6-11)9-10/h5,11H,3-4,6H2,1-2H3. The Morgan fingerprint density at radius 3 is 2.82 bits per heavy atom. The average molecular weight is 154 g/mol. The summed E-state index contributed by atoms with van der Waals surface area (Å²) in [4.78, 5) is 0. The molecule has 0 fully saturated rings. The van der Waals surface area contributed by atoms with Crippen molar-refractivity contribution in [3.05, 3.63) is 17.5 Å². The molecule has 0 saturated carbocycles. The van der Waals surface area contributed by atoms with Crippen LogP contribution in [0.15, 0.2) is 6.07 Å². The molecule has 0 amide bonds. The van der Waals surface area contributed by atoms with E-state index in [1.54, 1.807) is 0 Å². The third kappa shape index (κ3) is 1.80. The number of aromatic nitrogens is 2. The third-order valence-electron chi connectivity index (χ3n) is 1.63. The van der Waals surface area contributed by atoms with Crippen LogP contribution in [-0.2, 0) is 13.2 Å². The SMILES string of the molecule is CCCn1nc(CO)cc1C. The van der Waals surface area contributed by atoms with E-state index in [0.717, 1.165) is 24.4 Å². The summed E-state index contributed by atoms with van der Waals surface area (Å²) >= 11 is 0. The van der Waals surface area contributed by atoms with Gasteiger partial charge in [-0.05, 0) is 19.4 Å². The monoisotopic (exact) mass is 154 g/mol. The highest BCUT2D eigenvalue weighted by molar-refractivity contribution is 5.07. The summed E-state index contributed by atoms with van der Waals surface area (Å²) in [6, 6.07) is 1.91. The molecule has 0 aliphatic heterocycles. The van der Waals surface area contributed by atoms with Gasteiger partial charge in [-0.15, -0.1) is 0 Å². The van der Waals surface area contributed by atoms with Gasteiger partial charge < -0.3 is 5.11 Å². The molecule has 0 aliphatic rings. The molecule has 1 aromatic rings. The fraction of sp³-hybridized carbons (Fsp3) is 0.625. The second-order valence-electron chi connectivity index (χ2n) is 2.66. The van der Waals surface area contributed by atoms with Crippen LogP contribution >= 0.6 is 0 Å². The Hall–Kier alpha value is -0.830. The van der Waals surface area contributed by atoms with E-state index >= 15 is 0 Å². The van der Waals surface area contributed by atoms with Crippen molar-refractivity contribution in [2.45, 2.75) is 33.4 Å². The van der Waals surface area contributed by atoms with Crippen LogP contribution in [0.1, 0.15) is 24.7 Å². The smallest absolute Gasteiger partial charge is 0.0881 e. The minimum absolute atomic E-state index is 0.0392. The first-order chi connectivity index (χ1) is 5.27. The highest BCUT2D eigenvalue weighted by Gasteiger charge is 2.00. The summed E-state index contributed by atoms with van der Waals surface area (Å²) in [6.45, 7) is 5.09. The molecule has 0 spiro atoms. The zero-order chi connectivity index (χ0) is 8.27. The van der Waals surface area contributed by atoms with E-state index in [1.807, 2.05) is 17.7 Å². The van der Waals surface area contributed by atoms with E-state index in [9.17, 15) is 0 Å². The van der Waals surface area contributed by atoms with Crippen molar-refractivity contribution in [2.24, 2.45) is 0 Å². The first kappa shape index (κ1) is 8.27. The highest BCUT2D eigenvalue weighted by Crippen LogP contribution is 2.03. The Labute approximate surface area is 66.7 Å². The first-order valence-corrected chi connectivity index (χ1v) is 3.92. The number of hydrogen-bond donors (Lipinski definition) is 1. The lowest BCUT2D eigenvalue weighted by molar-refractivity contribution is 0.275. The number of aliphatic hydroxyl groups excluding tert-OH is 1. The molecule has 0 aromatic carbocycles. The van der Waals surface area contributed by atoms with Gasteiger partial charge in [-0.3, -0.25) is 4.68 Å². The zero-order valence-corrected chi connectivity index (χ0v) is 7.04. The Bertz CT molecular complexity index is 230. The van der Waals surface area contributed by atoms with E-state index in [0.29, 0.717) is 0 Å². The lowest BCUT2D eigenvalue weighted by Crippen LogP contribution is -2.01. The van der Waals surface area contributed by atoms with Gasteiger partial charge in [0.05, 0.1) is 12.3 Å². The topological polar surface area (TPSA) is 38.0 Å². The molecule has 1 N–H and O–H groups in total. The second-order valence-corrected chi connectivity index (χ2v) is 2.66. The van der Waals surface area contributed by atoms with Crippen LogP contribution in [-0.4, -0.2) is 14.9 Å². The van der Waals surface area contributed by atoms with Crippen LogP contribution < -0.4 is 0 Å². The predicted octanol–water partition coefficient (Wildman–Crippen LogP) is 1.09. The molecule has 0 atom stereocenters. The maximum absolute atomic E-state index is 8.77. The van der Waals surface area contributed by atoms with Crippen molar-refractivity contribution in [1.82, 2.24) is 9.78 Å². The van der Waals surface area contributed by atoms with Gasteiger partial charge in [-0.2, -0.15) is 5.10 Å². The van der Waals surface area contributed by atoms with E-state index < -0.39 is 0 Å². The van der Waals surface area contributed by atoms with Crippen LogP contribution in [0.25, 0.3) is 0 Å². The molecule has 11 heavy (non-hydrogen) atoms. The summed E-state index contributed by atoms with van der Waals surface area (Å²) in [7, 11) is 0. The molecule has 1 rings (SSSR count). The normalized spacial score (nSPS) is 10.5. The van der Waals surface area contributed by atoms with Crippen molar-refractivity contribution in [3.63, 3.8) is 0 Å². The van der Waals surface area contributed by atoms with Crippen LogP contribution in [0.3, 0.4) is 0 Å². The molecule has 1 aromatic heterocycles. The Morgan fingerprint density at radius 2 is 2.36 bits per heavy atom. The quantitative estimate of drug-likeness (QED) is 0.707. The van der Waals surface area contributed by atoms with Crippen LogP contribution in [0.2, 0.25) is 0 Å². The second kappa shape index (κ2) is 3.53. The number of aliphatic hydroxyl groups is 1. The number of hydrogen-bond acceptors (Lipinski definition) is 2. The maximum atomic E-state index is 8.77. The average Bonchev–Trinajstić information content (AvgIpc) is 2.33. The van der Waals surface area contributed by atoms with E-state index in [1.165, 1.54) is 0 Å². The number of rotatable bonds is 3. The lowest BCUT2D eigenvalue weighted by atomic mass is 10.4. The molecule has 0 unspecified atom stereocenters. The molecule has 0 saturated heterocycles. The summed E-state index contributed by atoms with van der Waals surface area (Å²) < 4.78 is 1.92. The van der Waals surface area contributed by atoms with Crippen molar-refractivity contribution in [3.8, 4) is 0 Å². The van der Waals surface area contributed by atoms with Crippen LogP contribution in [0.5, 0.6) is 0 Å². The summed E-state index contributed by atoms with van der Waals surface area (Å²) in [6.07, 6.45) is 1.08. The molecule has 1 heterocycles. The van der Waals surface area contributed by atoms with Gasteiger partial charge in [0.25, 0.3) is 0 Å². The molecule has 3 heteroatoms. The number of nitrogens with zero attached hydrogens (tertiary/aromatic N) is 2. The Kier molecular flexibility index (Phi) is 2.65. The fourth-order valence-corrected chi connectivity index (χ4v) is 1.09. The van der Waals surface area contributed by atoms with Gasteiger partial charge in [0, 0.05) is 12.2 Å². The fourth-order valence-electron chi connectivity index (χ4n) is 1.09. The molecule has 0 radical (unpaired) electrons. The molecule has 62 valence electrons. The summed E-state index contributed by atoms with van der Waals surface area (Å²) in [5.74, 6) is 0. The van der Waals surface area contributed by atoms with Gasteiger partial charge in [0.2, 0.25) is 0 Å². The van der Waals surface area contributed by atoms with Crippen molar-refractivity contribution in [1.29, 1.82) is 0 Å². The van der Waals surface area contributed by atoms with Crippen molar-refractivity contribution in [2.75, 3.05) is 0 Å². The molecule has 3 nitrogen and oxygen atoms in total. The summed E-state index contributed by atoms with van der Waals surface area (Å²) in [5.41, 5.74) is 1.88. The van der Waals surface area contributed by atoms with Crippen molar-refractivity contribution < 1.29 is 5.11 Å². The minimum atomic E-state index is 0.0392. The molecule has 0 bridgehead atoms. The minimum Gasteiger partial charge on any atom is -0.390 e. The predicted molar refractivity (Wildman–Crippen MR) is 43.2 cm³/mol. The van der Waals surface area contributed by atoms with Gasteiger partial charge in [-0.1, -0.05) is 6.92 Å². The van der Waals surface area contributed by atoms with Gasteiger partial charge in [0.1, 0.15) is 0 Å². The van der Waals surface area contributed by atoms with E-state index in [2.05, 4.69) is 12.0 Å². The Morgan fingerprint density at radius 1 is 1.64 bits per heavy atom. The largest absolute Gasteiger partial charge is 0.390 e. The number of aryl methyl sites for hydroxylation is 2. The van der Waals surface area contributed by atoms with Crippen LogP contribution in [0, 0.1) is 6.92 Å². The third-order valence-corrected chi connectivity index (χ3v) is 1.63. The lowest BCUT2D eigenvalue weighted by Gasteiger charge is -1.99. The van der Waals surface area contributed by atoms with E-state index in [-0.39, 0.29) is 6.61 Å². The molecule has 0 aliphatic carbocycles. The maximum Gasteiger partial charge on any atom is 0.0881 e. The zero-order valence-electron chi connectivity index (χ0n) is 7.04. The summed E-state index contributed by atoms with van der Waals surface area (Å²) in [5, 5.41) is 13.0. The molecular weight excluding hydrogens is 140 g/mol. The Balaban J connectivity index is 2.79. The highest BCUT2D eigenvalue weighted by atomic mass is 16.3. The van der Waals surface area contributed by atoms with Gasteiger partial charge >= 0.3 is 0 Å².